The number of hydrogen-bond acceptors (Lipinski definition) is 6. The molecule has 1 aromatic heterocycles. The van der Waals surface area contributed by atoms with Crippen molar-refractivity contribution in [2.45, 2.75) is 32.6 Å². The summed E-state index contributed by atoms with van der Waals surface area (Å²) in [5.41, 5.74) is 6.30. The standard InChI is InChI=1S/C27H30BN4O3/c1-20-18-29-26(30-25(20)11-8-22-4-2-3-5-23(22)17-27(34)35)16-21-6-9-24(10-7-21)31-12-14-32(15-13-31)28-19-33/h2-7,9-10,18-19H,8,11-17H2,1H3,(H,34,35). The molecule has 0 aliphatic carbocycles. The number of anilines is 1. The van der Waals surface area contributed by atoms with Gasteiger partial charge in [-0.15, -0.1) is 0 Å². The Labute approximate surface area is 207 Å². The number of carbonyl (C=O) groups is 2. The zero-order valence-corrected chi connectivity index (χ0v) is 20.1. The molecule has 7 nitrogen and oxygen atoms in total. The molecule has 1 fully saturated rings. The summed E-state index contributed by atoms with van der Waals surface area (Å²) in [4.78, 5) is 35.6. The lowest BCUT2D eigenvalue weighted by Crippen LogP contribution is -2.48. The van der Waals surface area contributed by atoms with Crippen LogP contribution in [0, 0.1) is 6.92 Å². The fourth-order valence-corrected chi connectivity index (χ4v) is 4.47. The zero-order chi connectivity index (χ0) is 24.6. The van der Waals surface area contributed by atoms with E-state index in [1.807, 2.05) is 37.4 Å². The van der Waals surface area contributed by atoms with Crippen LogP contribution in [0.3, 0.4) is 0 Å². The van der Waals surface area contributed by atoms with Gasteiger partial charge in [-0.25, -0.2) is 9.97 Å². The van der Waals surface area contributed by atoms with Gasteiger partial charge >= 0.3 is 5.97 Å². The van der Waals surface area contributed by atoms with Gasteiger partial charge in [0.1, 0.15) is 5.82 Å². The van der Waals surface area contributed by atoms with Gasteiger partial charge in [-0.1, -0.05) is 36.4 Å². The van der Waals surface area contributed by atoms with Gasteiger partial charge in [-0.3, -0.25) is 4.79 Å². The Kier molecular flexibility index (Phi) is 8.26. The van der Waals surface area contributed by atoms with Crippen LogP contribution in [0.2, 0.25) is 0 Å². The molecule has 1 aliphatic rings. The minimum atomic E-state index is -0.817. The van der Waals surface area contributed by atoms with Gasteiger partial charge < -0.3 is 19.6 Å². The molecule has 179 valence electrons. The van der Waals surface area contributed by atoms with Gasteiger partial charge in [-0.2, -0.15) is 0 Å². The molecule has 0 atom stereocenters. The monoisotopic (exact) mass is 469 g/mol. The molecule has 1 saturated heterocycles. The maximum atomic E-state index is 11.2. The highest BCUT2D eigenvalue weighted by Crippen LogP contribution is 2.19. The first-order valence-corrected chi connectivity index (χ1v) is 12.0. The van der Waals surface area contributed by atoms with Crippen molar-refractivity contribution in [3.8, 4) is 0 Å². The van der Waals surface area contributed by atoms with Crippen LogP contribution >= 0.6 is 0 Å². The second-order valence-electron chi connectivity index (χ2n) is 8.91. The molecule has 3 aromatic rings. The Morgan fingerprint density at radius 2 is 1.74 bits per heavy atom. The molecule has 0 bridgehead atoms. The van der Waals surface area contributed by atoms with Crippen molar-refractivity contribution in [1.82, 2.24) is 14.8 Å². The van der Waals surface area contributed by atoms with E-state index in [4.69, 9.17) is 4.98 Å². The van der Waals surface area contributed by atoms with Crippen molar-refractivity contribution in [2.75, 3.05) is 31.1 Å². The third-order valence-corrected chi connectivity index (χ3v) is 6.47. The van der Waals surface area contributed by atoms with Crippen molar-refractivity contribution in [2.24, 2.45) is 0 Å². The van der Waals surface area contributed by atoms with Gasteiger partial charge in [0.25, 0.3) is 7.41 Å². The Morgan fingerprint density at radius 1 is 1.03 bits per heavy atom. The van der Waals surface area contributed by atoms with Crippen molar-refractivity contribution in [3.05, 3.63) is 88.5 Å². The van der Waals surface area contributed by atoms with Crippen LogP contribution in [0.1, 0.15) is 33.8 Å². The molecule has 0 amide bonds. The van der Waals surface area contributed by atoms with Crippen molar-refractivity contribution < 1.29 is 14.7 Å². The normalized spacial score (nSPS) is 14.0. The number of piperazine rings is 1. The second kappa shape index (κ2) is 11.8. The second-order valence-corrected chi connectivity index (χ2v) is 8.91. The highest BCUT2D eigenvalue weighted by atomic mass is 16.4. The van der Waals surface area contributed by atoms with Gasteiger partial charge in [0.2, 0.25) is 0 Å². The Hall–Kier alpha value is -3.52. The molecule has 0 spiro atoms. The Balaban J connectivity index is 1.38. The average Bonchev–Trinajstić information content (AvgIpc) is 2.86. The van der Waals surface area contributed by atoms with Crippen LogP contribution in [-0.4, -0.2) is 65.6 Å². The summed E-state index contributed by atoms with van der Waals surface area (Å²) in [6, 6.07) is 16.3. The van der Waals surface area contributed by atoms with Gasteiger partial charge in [0.05, 0.1) is 12.6 Å². The molecular weight excluding hydrogens is 439 g/mol. The number of carboxylic acids is 1. The molecule has 2 aromatic carbocycles. The quantitative estimate of drug-likeness (QED) is 0.361. The Bertz CT molecular complexity index is 1160. The van der Waals surface area contributed by atoms with E-state index in [-0.39, 0.29) is 6.42 Å². The topological polar surface area (TPSA) is 86.6 Å². The number of rotatable bonds is 10. The third kappa shape index (κ3) is 6.76. The maximum absolute atomic E-state index is 11.2. The minimum Gasteiger partial charge on any atom is -0.481 e. The van der Waals surface area contributed by atoms with Crippen LogP contribution < -0.4 is 4.90 Å². The zero-order valence-electron chi connectivity index (χ0n) is 20.1. The highest BCUT2D eigenvalue weighted by molar-refractivity contribution is 6.64. The van der Waals surface area contributed by atoms with E-state index in [0.717, 1.165) is 79.0 Å². The number of benzene rings is 2. The number of aromatic nitrogens is 2. The fraction of sp³-hybridized carbons (Fsp3) is 0.333. The van der Waals surface area contributed by atoms with Crippen LogP contribution in [0.4, 0.5) is 5.69 Å². The van der Waals surface area contributed by atoms with Gasteiger partial charge in [0.15, 0.2) is 0 Å². The molecule has 1 N–H and O–H groups in total. The van der Waals surface area contributed by atoms with E-state index >= 15 is 0 Å². The Morgan fingerprint density at radius 3 is 2.43 bits per heavy atom. The smallest absolute Gasteiger partial charge is 0.307 e. The first kappa shape index (κ1) is 24.6. The van der Waals surface area contributed by atoms with Crippen LogP contribution in [0.5, 0.6) is 0 Å². The molecule has 4 rings (SSSR count). The molecule has 2 heterocycles. The molecule has 35 heavy (non-hydrogen) atoms. The largest absolute Gasteiger partial charge is 0.481 e. The summed E-state index contributed by atoms with van der Waals surface area (Å²) in [5.74, 6) is -0.0298. The SMILES string of the molecule is Cc1cnc(Cc2ccc(N3CCN([B]C=O)CC3)cc2)nc1CCc1ccccc1CC(=O)O. The predicted octanol–water partition coefficient (Wildman–Crippen LogP) is 2.72. The minimum absolute atomic E-state index is 0.0348. The van der Waals surface area contributed by atoms with Gasteiger partial charge in [0, 0.05) is 50.2 Å². The van der Waals surface area contributed by atoms with Crippen LogP contribution in [-0.2, 0) is 35.3 Å². The first-order chi connectivity index (χ1) is 17.0. The molecule has 8 heteroatoms. The summed E-state index contributed by atoms with van der Waals surface area (Å²) < 4.78 is 0. The van der Waals surface area contributed by atoms with Crippen LogP contribution in [0.25, 0.3) is 0 Å². The molecule has 1 radical (unpaired) electrons. The number of carboxylic acid groups (broad SMARTS) is 1. The number of carbonyl (C=O) groups excluding carboxylic acids is 1. The maximum Gasteiger partial charge on any atom is 0.307 e. The number of aliphatic carboxylic acids is 1. The van der Waals surface area contributed by atoms with E-state index in [0.29, 0.717) is 6.42 Å². The summed E-state index contributed by atoms with van der Waals surface area (Å²) in [5, 5.41) is 9.18. The number of hydrogen-bond donors (Lipinski definition) is 1. The lowest BCUT2D eigenvalue weighted by atomic mass is 9.93. The average molecular weight is 469 g/mol. The van der Waals surface area contributed by atoms with E-state index in [1.54, 1.807) is 7.41 Å². The summed E-state index contributed by atoms with van der Waals surface area (Å²) in [6.45, 7) is 5.50. The van der Waals surface area contributed by atoms with E-state index < -0.39 is 5.97 Å². The predicted molar refractivity (Wildman–Crippen MR) is 137 cm³/mol. The van der Waals surface area contributed by atoms with Crippen molar-refractivity contribution >= 4 is 25.3 Å². The van der Waals surface area contributed by atoms with E-state index in [2.05, 4.69) is 39.0 Å². The fourth-order valence-electron chi connectivity index (χ4n) is 4.47. The van der Waals surface area contributed by atoms with Crippen molar-refractivity contribution in [3.63, 3.8) is 0 Å². The van der Waals surface area contributed by atoms with E-state index in [9.17, 15) is 14.7 Å². The molecular formula is C27H30BN4O3. The lowest BCUT2D eigenvalue weighted by Gasteiger charge is -2.35. The molecule has 0 unspecified atom stereocenters. The van der Waals surface area contributed by atoms with E-state index in [1.165, 1.54) is 5.69 Å². The summed E-state index contributed by atoms with van der Waals surface area (Å²) in [7, 11) is 1.62. The highest BCUT2D eigenvalue weighted by Gasteiger charge is 2.17. The van der Waals surface area contributed by atoms with Crippen molar-refractivity contribution in [1.29, 1.82) is 0 Å². The summed E-state index contributed by atoms with van der Waals surface area (Å²) in [6.07, 6.45) is 4.91. The number of aryl methyl sites for hydroxylation is 3. The number of nitrogens with zero attached hydrogens (tertiary/aromatic N) is 4. The van der Waals surface area contributed by atoms with Gasteiger partial charge in [-0.05, 0) is 54.2 Å². The summed E-state index contributed by atoms with van der Waals surface area (Å²) >= 11 is 0. The lowest BCUT2D eigenvalue weighted by molar-refractivity contribution is -0.136. The molecule has 0 saturated carbocycles. The first-order valence-electron chi connectivity index (χ1n) is 12.0. The van der Waals surface area contributed by atoms with Crippen LogP contribution in [0.15, 0.2) is 54.7 Å². The third-order valence-electron chi connectivity index (χ3n) is 6.47. The molecule has 1 aliphatic heterocycles.